The molecule has 0 bridgehead atoms. The van der Waals surface area contributed by atoms with E-state index in [1.54, 1.807) is 30.3 Å². The highest BCUT2D eigenvalue weighted by molar-refractivity contribution is 6.30. The lowest BCUT2D eigenvalue weighted by Crippen LogP contribution is -2.21. The summed E-state index contributed by atoms with van der Waals surface area (Å²) in [5.41, 5.74) is -0.0363. The number of methoxy groups -OCH3 is 2. The highest BCUT2D eigenvalue weighted by Crippen LogP contribution is 2.52. The molecule has 34 heavy (non-hydrogen) atoms. The van der Waals surface area contributed by atoms with Crippen molar-refractivity contribution >= 4 is 23.2 Å². The lowest BCUT2D eigenvalue weighted by atomic mass is 9.87. The van der Waals surface area contributed by atoms with Gasteiger partial charge in [0.15, 0.2) is 11.5 Å². The van der Waals surface area contributed by atoms with Gasteiger partial charge in [-0.25, -0.2) is 4.79 Å². The fourth-order valence-corrected chi connectivity index (χ4v) is 4.10. The van der Waals surface area contributed by atoms with Crippen LogP contribution in [0.5, 0.6) is 28.7 Å². The fraction of sp³-hybridized carbons (Fsp3) is 0.250. The number of hydrogen-bond acceptors (Lipinski definition) is 8. The second kappa shape index (κ2) is 9.56. The Labute approximate surface area is 199 Å². The van der Waals surface area contributed by atoms with Crippen LogP contribution in [0, 0.1) is 6.92 Å². The first-order valence-electron chi connectivity index (χ1n) is 10.3. The Morgan fingerprint density at radius 3 is 2.62 bits per heavy atom. The maximum Gasteiger partial charge on any atom is 0.343 e. The molecule has 10 heteroatoms. The first-order chi connectivity index (χ1) is 16.3. The topological polar surface area (TPSA) is 116 Å². The van der Waals surface area contributed by atoms with Crippen LogP contribution in [0.25, 0.3) is 0 Å². The molecule has 0 aliphatic carbocycles. The highest BCUT2D eigenvalue weighted by atomic mass is 35.5. The van der Waals surface area contributed by atoms with E-state index >= 15 is 0 Å². The summed E-state index contributed by atoms with van der Waals surface area (Å²) in [7, 11) is 2.87. The van der Waals surface area contributed by atoms with Gasteiger partial charge in [-0.3, -0.25) is 4.79 Å². The van der Waals surface area contributed by atoms with Gasteiger partial charge in [0.1, 0.15) is 11.5 Å². The Kier molecular flexibility index (Phi) is 6.56. The summed E-state index contributed by atoms with van der Waals surface area (Å²) in [4.78, 5) is 25.9. The molecular formula is C24H22ClNO8. The zero-order chi connectivity index (χ0) is 24.4. The van der Waals surface area contributed by atoms with Gasteiger partial charge in [0.2, 0.25) is 24.2 Å². The molecule has 178 valence electrons. The van der Waals surface area contributed by atoms with E-state index in [1.165, 1.54) is 27.2 Å². The van der Waals surface area contributed by atoms with Gasteiger partial charge < -0.3 is 33.8 Å². The minimum atomic E-state index is -0.977. The average Bonchev–Trinajstić information content (AvgIpc) is 3.26. The molecule has 0 fully saturated rings. The SMILES string of the molecule is COc1cc([C@H](CC(=O)Nc2cccc(Cl)c2)c2c(O)cc(C)oc2=O)c(OC)c2c1OCO2. The predicted molar refractivity (Wildman–Crippen MR) is 124 cm³/mol. The second-order valence-electron chi connectivity index (χ2n) is 7.52. The third kappa shape index (κ3) is 4.47. The van der Waals surface area contributed by atoms with Crippen molar-refractivity contribution in [2.24, 2.45) is 0 Å². The van der Waals surface area contributed by atoms with Gasteiger partial charge in [-0.15, -0.1) is 0 Å². The van der Waals surface area contributed by atoms with Crippen LogP contribution in [-0.2, 0) is 4.79 Å². The number of benzene rings is 2. The van der Waals surface area contributed by atoms with Crippen LogP contribution in [0.3, 0.4) is 0 Å². The molecule has 2 heterocycles. The Balaban J connectivity index is 1.84. The molecule has 9 nitrogen and oxygen atoms in total. The lowest BCUT2D eigenvalue weighted by molar-refractivity contribution is -0.116. The molecule has 3 aromatic rings. The first-order valence-corrected chi connectivity index (χ1v) is 10.6. The number of amides is 1. The van der Waals surface area contributed by atoms with Gasteiger partial charge in [0.25, 0.3) is 0 Å². The molecule has 1 atom stereocenters. The van der Waals surface area contributed by atoms with Crippen LogP contribution in [0.1, 0.15) is 29.2 Å². The van der Waals surface area contributed by atoms with Crippen LogP contribution < -0.4 is 29.9 Å². The molecular weight excluding hydrogens is 466 g/mol. The van der Waals surface area contributed by atoms with E-state index in [0.29, 0.717) is 27.8 Å². The van der Waals surface area contributed by atoms with Crippen molar-refractivity contribution in [2.45, 2.75) is 19.3 Å². The summed E-state index contributed by atoms with van der Waals surface area (Å²) in [6.07, 6.45) is -0.243. The average molecular weight is 488 g/mol. The zero-order valence-corrected chi connectivity index (χ0v) is 19.4. The summed E-state index contributed by atoms with van der Waals surface area (Å²) < 4.78 is 27.3. The van der Waals surface area contributed by atoms with Crippen molar-refractivity contribution in [3.05, 3.63) is 68.7 Å². The minimum Gasteiger partial charge on any atom is -0.507 e. The fourth-order valence-electron chi connectivity index (χ4n) is 3.91. The van der Waals surface area contributed by atoms with Crippen molar-refractivity contribution < 1.29 is 33.3 Å². The number of carbonyl (C=O) groups is 1. The van der Waals surface area contributed by atoms with Crippen LogP contribution in [0.15, 0.2) is 45.6 Å². The van der Waals surface area contributed by atoms with E-state index in [4.69, 9.17) is 35.0 Å². The van der Waals surface area contributed by atoms with Crippen molar-refractivity contribution in [1.82, 2.24) is 0 Å². The smallest absolute Gasteiger partial charge is 0.343 e. The van der Waals surface area contributed by atoms with Gasteiger partial charge in [-0.05, 0) is 31.2 Å². The largest absolute Gasteiger partial charge is 0.507 e. The van der Waals surface area contributed by atoms with Gasteiger partial charge in [-0.2, -0.15) is 0 Å². The Morgan fingerprint density at radius 1 is 1.18 bits per heavy atom. The Hall–Kier alpha value is -3.85. The first kappa shape index (κ1) is 23.3. The number of aromatic hydroxyl groups is 1. The zero-order valence-electron chi connectivity index (χ0n) is 18.6. The highest BCUT2D eigenvalue weighted by Gasteiger charge is 2.34. The molecule has 0 saturated carbocycles. The number of anilines is 1. The van der Waals surface area contributed by atoms with Crippen LogP contribution in [-0.4, -0.2) is 32.0 Å². The normalized spacial score (nSPS) is 12.8. The summed E-state index contributed by atoms with van der Waals surface area (Å²) in [5, 5.41) is 13.9. The van der Waals surface area contributed by atoms with E-state index in [-0.39, 0.29) is 41.8 Å². The number of rotatable bonds is 7. The molecule has 4 rings (SSSR count). The third-order valence-electron chi connectivity index (χ3n) is 5.33. The molecule has 0 unspecified atom stereocenters. The van der Waals surface area contributed by atoms with E-state index in [2.05, 4.69) is 5.32 Å². The molecule has 0 radical (unpaired) electrons. The predicted octanol–water partition coefficient (Wildman–Crippen LogP) is 4.21. The molecule has 1 aliphatic heterocycles. The number of ether oxygens (including phenoxy) is 4. The second-order valence-corrected chi connectivity index (χ2v) is 7.96. The Morgan fingerprint density at radius 2 is 1.94 bits per heavy atom. The molecule has 0 spiro atoms. The van der Waals surface area contributed by atoms with Gasteiger partial charge in [-0.1, -0.05) is 17.7 Å². The quantitative estimate of drug-likeness (QED) is 0.509. The third-order valence-corrected chi connectivity index (χ3v) is 5.56. The van der Waals surface area contributed by atoms with Gasteiger partial charge in [0.05, 0.1) is 19.8 Å². The van der Waals surface area contributed by atoms with Crippen LogP contribution >= 0.6 is 11.6 Å². The van der Waals surface area contributed by atoms with E-state index in [9.17, 15) is 14.7 Å². The van der Waals surface area contributed by atoms with Gasteiger partial charge in [0, 0.05) is 34.7 Å². The van der Waals surface area contributed by atoms with E-state index in [1.807, 2.05) is 0 Å². The lowest BCUT2D eigenvalue weighted by Gasteiger charge is -2.22. The molecule has 1 aromatic heterocycles. The molecule has 1 aliphatic rings. The van der Waals surface area contributed by atoms with Crippen LogP contribution in [0.2, 0.25) is 5.02 Å². The van der Waals surface area contributed by atoms with E-state index < -0.39 is 17.5 Å². The summed E-state index contributed by atoms with van der Waals surface area (Å²) in [6, 6.07) is 9.55. The Bertz CT molecular complexity index is 1300. The standard InChI is InChI=1S/C24H22ClNO8/c1-12-7-17(27)20(24(29)34-12)15(10-19(28)26-14-6-4-5-13(25)8-14)16-9-18(30-2)22-23(21(16)31-3)33-11-32-22/h4-9,15,27H,10-11H2,1-3H3,(H,26,28)/t15-/m0/s1. The van der Waals surface area contributed by atoms with Crippen molar-refractivity contribution in [2.75, 3.05) is 26.3 Å². The number of hydrogen-bond donors (Lipinski definition) is 2. The van der Waals surface area contributed by atoms with Crippen molar-refractivity contribution in [3.8, 4) is 28.7 Å². The number of aryl methyl sites for hydroxylation is 1. The molecule has 1 amide bonds. The molecule has 2 aromatic carbocycles. The van der Waals surface area contributed by atoms with E-state index in [0.717, 1.165) is 0 Å². The number of carbonyl (C=O) groups excluding carboxylic acids is 1. The summed E-state index contributed by atoms with van der Waals surface area (Å²) in [5.74, 6) is -0.331. The monoisotopic (exact) mass is 487 g/mol. The molecule has 0 saturated heterocycles. The summed E-state index contributed by atoms with van der Waals surface area (Å²) in [6.45, 7) is 1.49. The number of halogens is 1. The van der Waals surface area contributed by atoms with Crippen LogP contribution in [0.4, 0.5) is 5.69 Å². The minimum absolute atomic E-state index is 0.0522. The number of nitrogens with one attached hydrogen (secondary N) is 1. The number of fused-ring (bicyclic) bond motifs is 1. The van der Waals surface area contributed by atoms with Crippen molar-refractivity contribution in [1.29, 1.82) is 0 Å². The maximum atomic E-state index is 13.1. The molecule has 2 N–H and O–H groups in total. The maximum absolute atomic E-state index is 13.1. The summed E-state index contributed by atoms with van der Waals surface area (Å²) >= 11 is 6.02. The van der Waals surface area contributed by atoms with Gasteiger partial charge >= 0.3 is 5.63 Å². The van der Waals surface area contributed by atoms with Crippen molar-refractivity contribution in [3.63, 3.8) is 0 Å².